The van der Waals surface area contributed by atoms with Crippen LogP contribution < -0.4 is 0 Å². The van der Waals surface area contributed by atoms with E-state index in [4.69, 9.17) is 4.74 Å². The Labute approximate surface area is 186 Å². The molecule has 0 aliphatic carbocycles. The summed E-state index contributed by atoms with van der Waals surface area (Å²) in [4.78, 5) is 23.5. The van der Waals surface area contributed by atoms with Crippen LogP contribution in [0.2, 0.25) is 0 Å². The highest BCUT2D eigenvalue weighted by Crippen LogP contribution is 2.66. The van der Waals surface area contributed by atoms with E-state index in [9.17, 15) is 14.2 Å². The van der Waals surface area contributed by atoms with Crippen LogP contribution in [0.3, 0.4) is 0 Å². The van der Waals surface area contributed by atoms with Gasteiger partial charge in [-0.1, -0.05) is 77.1 Å². The molecule has 0 aliphatic rings. The number of unbranched alkanes of at least 4 members (excludes halogenated alkanes) is 7. The first-order valence-electron chi connectivity index (χ1n) is 10.5. The van der Waals surface area contributed by atoms with E-state index in [0.29, 0.717) is 13.0 Å². The molecule has 0 aromatic rings. The number of hydrogen-bond donors (Lipinski definition) is 0. The fraction of sp³-hybridized carbons (Fsp3) is 0.895. The van der Waals surface area contributed by atoms with Gasteiger partial charge in [0.2, 0.25) is 6.41 Å². The van der Waals surface area contributed by atoms with Crippen molar-refractivity contribution >= 4 is 42.7 Å². The van der Waals surface area contributed by atoms with Crippen molar-refractivity contribution in [2.45, 2.75) is 83.8 Å². The predicted molar refractivity (Wildman–Crippen MR) is 126 cm³/mol. The van der Waals surface area contributed by atoms with Gasteiger partial charge >= 0.3 is 12.7 Å². The van der Waals surface area contributed by atoms with Crippen LogP contribution in [0.25, 0.3) is 0 Å². The molecule has 29 heavy (non-hydrogen) atoms. The molecule has 0 saturated carbocycles. The van der Waals surface area contributed by atoms with Gasteiger partial charge in [0.05, 0.1) is 18.7 Å². The third kappa shape index (κ3) is 11.6. The fourth-order valence-electron chi connectivity index (χ4n) is 2.45. The maximum absolute atomic E-state index is 13.4. The number of carbonyl (C=O) groups is 2. The van der Waals surface area contributed by atoms with Crippen LogP contribution >= 0.6 is 30.2 Å². The molecule has 10 heteroatoms. The molecule has 0 fully saturated rings. The second kappa shape index (κ2) is 16.3. The third-order valence-electron chi connectivity index (χ3n) is 4.52. The molecule has 0 heterocycles. The largest absolute Gasteiger partial charge is 0.449 e. The van der Waals surface area contributed by atoms with Crippen LogP contribution in [0.4, 0.5) is 4.79 Å². The Hall–Kier alpha value is -0.370. The lowest BCUT2D eigenvalue weighted by Crippen LogP contribution is -2.28. The molecule has 2 atom stereocenters. The lowest BCUT2D eigenvalue weighted by Gasteiger charge is -2.34. The molecule has 0 bridgehead atoms. The topological polar surface area (TPSA) is 70.2 Å². The minimum absolute atomic E-state index is 0.116. The minimum Gasteiger partial charge on any atom is -0.449 e. The number of amides is 2. The predicted octanol–water partition coefficient (Wildman–Crippen LogP) is 6.42. The summed E-state index contributed by atoms with van der Waals surface area (Å²) in [6, 6.07) is 0. The van der Waals surface area contributed by atoms with Crippen LogP contribution in [0, 0.1) is 0 Å². The van der Waals surface area contributed by atoms with Gasteiger partial charge in [0.25, 0.3) is 0 Å². The second-order valence-corrected chi connectivity index (χ2v) is 13.9. The highest BCUT2D eigenvalue weighted by atomic mass is 32.7. The summed E-state index contributed by atoms with van der Waals surface area (Å²) in [6.45, 7) is 3.38. The lowest BCUT2D eigenvalue weighted by atomic mass is 10.1. The minimum atomic E-state index is -3.19. The third-order valence-corrected chi connectivity index (χ3v) is 12.3. The van der Waals surface area contributed by atoms with Crippen molar-refractivity contribution in [1.82, 2.24) is 13.1 Å². The zero-order valence-electron chi connectivity index (χ0n) is 19.0. The molecule has 0 N–H and O–H groups in total. The number of hydrogen-bond acceptors (Lipinski definition) is 6. The molecule has 172 valence electrons. The molecule has 0 aliphatic heterocycles. The van der Waals surface area contributed by atoms with Crippen LogP contribution in [0.5, 0.6) is 0 Å². The molecular formula is C19H40N3O4PS2. The zero-order chi connectivity index (χ0) is 22.3. The smallest absolute Gasteiger partial charge is 0.420 e. The highest BCUT2D eigenvalue weighted by molar-refractivity contribution is 8.58. The Kier molecular flexibility index (Phi) is 16.1. The Bertz CT molecular complexity index is 514. The van der Waals surface area contributed by atoms with E-state index in [0.717, 1.165) is 31.4 Å². The van der Waals surface area contributed by atoms with Gasteiger partial charge in [0, 0.05) is 26.4 Å². The van der Waals surface area contributed by atoms with Crippen LogP contribution in [0.1, 0.15) is 78.6 Å². The summed E-state index contributed by atoms with van der Waals surface area (Å²) in [5.41, 5.74) is 0. The van der Waals surface area contributed by atoms with Gasteiger partial charge < -0.3 is 4.74 Å². The van der Waals surface area contributed by atoms with Crippen molar-refractivity contribution in [1.29, 1.82) is 0 Å². The molecule has 0 rings (SSSR count). The van der Waals surface area contributed by atoms with E-state index in [1.807, 2.05) is 13.8 Å². The molecule has 2 unspecified atom stereocenters. The molecule has 0 spiro atoms. The van der Waals surface area contributed by atoms with Gasteiger partial charge in [0.15, 0.2) is 0 Å². The Morgan fingerprint density at radius 1 is 1.03 bits per heavy atom. The standard InChI is InChI=1S/C19H40N3O4PS2/c1-7-9-10-11-12-13-14-15-16-26-19(24)21(5)29-22(6)27(25,20(4)17-23)28-18(3)8-2/h17-18H,7-16H2,1-6H3. The highest BCUT2D eigenvalue weighted by Gasteiger charge is 2.37. The Morgan fingerprint density at radius 3 is 2.10 bits per heavy atom. The van der Waals surface area contributed by atoms with Crippen molar-refractivity contribution in [3.63, 3.8) is 0 Å². The Balaban J connectivity index is 4.35. The fourth-order valence-corrected chi connectivity index (χ4v) is 8.81. The van der Waals surface area contributed by atoms with Gasteiger partial charge in [-0.15, -0.1) is 0 Å². The van der Waals surface area contributed by atoms with E-state index in [2.05, 4.69) is 6.92 Å². The van der Waals surface area contributed by atoms with Crippen molar-refractivity contribution < 1.29 is 18.9 Å². The molecule has 0 aromatic carbocycles. The SMILES string of the molecule is CCCCCCCCCCOC(=O)N(C)SN(C)P(=O)(SC(C)CC)N(C)C=O. The number of carbonyl (C=O) groups excluding carboxylic acids is 2. The molecule has 0 saturated heterocycles. The maximum Gasteiger partial charge on any atom is 0.420 e. The van der Waals surface area contributed by atoms with E-state index in [-0.39, 0.29) is 5.25 Å². The number of nitrogens with zero attached hydrogens (tertiary/aromatic N) is 3. The first-order chi connectivity index (χ1) is 13.7. The normalized spacial score (nSPS) is 14.3. The molecule has 7 nitrogen and oxygen atoms in total. The van der Waals surface area contributed by atoms with Crippen molar-refractivity contribution in [3.05, 3.63) is 0 Å². The summed E-state index contributed by atoms with van der Waals surface area (Å²) in [5.74, 6) is 0. The van der Waals surface area contributed by atoms with E-state index in [1.54, 1.807) is 14.1 Å². The zero-order valence-corrected chi connectivity index (χ0v) is 21.5. The average Bonchev–Trinajstić information content (AvgIpc) is 2.71. The van der Waals surface area contributed by atoms with E-state index < -0.39 is 12.7 Å². The van der Waals surface area contributed by atoms with Crippen LogP contribution in [0.15, 0.2) is 0 Å². The van der Waals surface area contributed by atoms with Gasteiger partial charge in [0.1, 0.15) is 0 Å². The lowest BCUT2D eigenvalue weighted by molar-refractivity contribution is -0.113. The summed E-state index contributed by atoms with van der Waals surface area (Å²) < 4.78 is 22.7. The quantitative estimate of drug-likeness (QED) is 0.105. The first-order valence-corrected chi connectivity index (χ1v) is 14.3. The molecule has 0 radical (unpaired) electrons. The van der Waals surface area contributed by atoms with Gasteiger partial charge in [-0.05, 0) is 12.8 Å². The van der Waals surface area contributed by atoms with Crippen molar-refractivity contribution in [3.8, 4) is 0 Å². The summed E-state index contributed by atoms with van der Waals surface area (Å²) in [5, 5.41) is 0.116. The monoisotopic (exact) mass is 469 g/mol. The van der Waals surface area contributed by atoms with E-state index >= 15 is 0 Å². The second-order valence-electron chi connectivity index (χ2n) is 7.13. The molecular weight excluding hydrogens is 429 g/mol. The summed E-state index contributed by atoms with van der Waals surface area (Å²) in [7, 11) is 4.71. The van der Waals surface area contributed by atoms with Crippen LogP contribution in [-0.2, 0) is 14.1 Å². The van der Waals surface area contributed by atoms with Crippen molar-refractivity contribution in [2.75, 3.05) is 27.7 Å². The summed E-state index contributed by atoms with van der Waals surface area (Å²) >= 11 is 2.25. The van der Waals surface area contributed by atoms with Gasteiger partial charge in [-0.2, -0.15) is 4.08 Å². The first kappa shape index (κ1) is 28.6. The summed E-state index contributed by atoms with van der Waals surface area (Å²) in [6.07, 6.45) is 10.4. The van der Waals surface area contributed by atoms with E-state index in [1.165, 1.54) is 70.0 Å². The van der Waals surface area contributed by atoms with Crippen molar-refractivity contribution in [2.24, 2.45) is 0 Å². The maximum atomic E-state index is 13.4. The number of ether oxygens (including phenoxy) is 1. The van der Waals surface area contributed by atoms with Gasteiger partial charge in [-0.3, -0.25) is 14.0 Å². The average molecular weight is 470 g/mol. The Morgan fingerprint density at radius 2 is 1.59 bits per heavy atom. The molecule has 2 amide bonds. The van der Waals surface area contributed by atoms with Crippen LogP contribution in [-0.4, -0.2) is 58.6 Å². The van der Waals surface area contributed by atoms with Gasteiger partial charge in [-0.25, -0.2) is 9.10 Å². The molecule has 0 aromatic heterocycles. The number of rotatable bonds is 17.